The fraction of sp³-hybridized carbons (Fsp3) is 0.636. The number of aryl methyl sites for hydroxylation is 1. The van der Waals surface area contributed by atoms with Crippen molar-refractivity contribution in [3.8, 4) is 0 Å². The Morgan fingerprint density at radius 3 is 2.68 bits per heavy atom. The normalized spacial score (nSPS) is 22.6. The quantitative estimate of drug-likeness (QED) is 0.740. The highest BCUT2D eigenvalue weighted by molar-refractivity contribution is 7.07. The van der Waals surface area contributed by atoms with Crippen LogP contribution >= 0.6 is 11.5 Å². The van der Waals surface area contributed by atoms with Gasteiger partial charge in [-0.1, -0.05) is 4.49 Å². The van der Waals surface area contributed by atoms with Crippen molar-refractivity contribution in [2.75, 3.05) is 20.8 Å². The Hall–Kier alpha value is -1.54. The standard InChI is InChI=1S/C11H15N3O4S/c1-6-9(19-13-12-6)10(15)14-5-7(17-2)4-8(14)11(16)18-3/h7-8H,4-5H2,1-3H3/t7-,8-/m1/s1. The molecule has 1 saturated heterocycles. The van der Waals surface area contributed by atoms with Crippen LogP contribution < -0.4 is 0 Å². The highest BCUT2D eigenvalue weighted by Gasteiger charge is 2.41. The predicted octanol–water partition coefficient (Wildman–Crippen LogP) is 0.249. The zero-order valence-corrected chi connectivity index (χ0v) is 11.8. The highest BCUT2D eigenvalue weighted by atomic mass is 32.1. The molecular formula is C11H15N3O4S. The fourth-order valence-corrected chi connectivity index (χ4v) is 2.72. The van der Waals surface area contributed by atoms with Crippen molar-refractivity contribution in [3.63, 3.8) is 0 Å². The number of methoxy groups -OCH3 is 2. The van der Waals surface area contributed by atoms with E-state index in [4.69, 9.17) is 9.47 Å². The zero-order valence-electron chi connectivity index (χ0n) is 11.0. The van der Waals surface area contributed by atoms with E-state index in [0.29, 0.717) is 23.5 Å². The first-order valence-electron chi connectivity index (χ1n) is 5.79. The summed E-state index contributed by atoms with van der Waals surface area (Å²) in [5.74, 6) is -0.675. The van der Waals surface area contributed by atoms with Crippen LogP contribution in [0, 0.1) is 6.92 Å². The van der Waals surface area contributed by atoms with Crippen molar-refractivity contribution in [1.82, 2.24) is 14.5 Å². The van der Waals surface area contributed by atoms with E-state index in [0.717, 1.165) is 11.5 Å². The Kier molecular flexibility index (Phi) is 4.11. The van der Waals surface area contributed by atoms with Gasteiger partial charge in [-0.25, -0.2) is 4.79 Å². The topological polar surface area (TPSA) is 81.6 Å². The molecule has 0 unspecified atom stereocenters. The molecule has 0 radical (unpaired) electrons. The van der Waals surface area contributed by atoms with Gasteiger partial charge in [-0.15, -0.1) is 5.10 Å². The predicted molar refractivity (Wildman–Crippen MR) is 66.9 cm³/mol. The Balaban J connectivity index is 2.23. The number of hydrogen-bond acceptors (Lipinski definition) is 7. The van der Waals surface area contributed by atoms with Crippen molar-refractivity contribution in [3.05, 3.63) is 10.6 Å². The van der Waals surface area contributed by atoms with Gasteiger partial charge in [-0.05, 0) is 18.5 Å². The van der Waals surface area contributed by atoms with E-state index in [1.807, 2.05) is 0 Å². The summed E-state index contributed by atoms with van der Waals surface area (Å²) in [5.41, 5.74) is 0.569. The van der Waals surface area contributed by atoms with Crippen LogP contribution in [-0.4, -0.2) is 59.3 Å². The van der Waals surface area contributed by atoms with Crippen LogP contribution in [0.5, 0.6) is 0 Å². The minimum atomic E-state index is -0.607. The van der Waals surface area contributed by atoms with E-state index in [1.165, 1.54) is 12.0 Å². The van der Waals surface area contributed by atoms with Gasteiger partial charge in [0.15, 0.2) is 0 Å². The fourth-order valence-electron chi connectivity index (χ4n) is 2.11. The molecule has 0 bridgehead atoms. The molecule has 1 aliphatic rings. The van der Waals surface area contributed by atoms with Gasteiger partial charge in [-0.2, -0.15) is 0 Å². The molecule has 0 N–H and O–H groups in total. The van der Waals surface area contributed by atoms with Crippen molar-refractivity contribution in [2.45, 2.75) is 25.5 Å². The summed E-state index contributed by atoms with van der Waals surface area (Å²) in [6.07, 6.45) is 0.287. The molecule has 1 fully saturated rings. The van der Waals surface area contributed by atoms with Gasteiger partial charge in [-0.3, -0.25) is 4.79 Å². The summed E-state index contributed by atoms with van der Waals surface area (Å²) in [5, 5.41) is 3.81. The molecule has 2 atom stereocenters. The molecule has 0 aliphatic carbocycles. The largest absolute Gasteiger partial charge is 0.467 e. The molecule has 19 heavy (non-hydrogen) atoms. The lowest BCUT2D eigenvalue weighted by Gasteiger charge is -2.21. The van der Waals surface area contributed by atoms with Crippen LogP contribution in [0.3, 0.4) is 0 Å². The molecule has 8 heteroatoms. The number of ether oxygens (including phenoxy) is 2. The third-order valence-corrected chi connectivity index (χ3v) is 3.99. The van der Waals surface area contributed by atoms with E-state index in [-0.39, 0.29) is 12.0 Å². The average molecular weight is 285 g/mol. The van der Waals surface area contributed by atoms with Crippen molar-refractivity contribution in [1.29, 1.82) is 0 Å². The number of likely N-dealkylation sites (tertiary alicyclic amines) is 1. The number of amides is 1. The molecule has 0 aromatic carbocycles. The molecule has 2 heterocycles. The van der Waals surface area contributed by atoms with E-state index in [2.05, 4.69) is 9.59 Å². The first kappa shape index (κ1) is 13.9. The summed E-state index contributed by atoms with van der Waals surface area (Å²) < 4.78 is 13.7. The second-order valence-electron chi connectivity index (χ2n) is 4.28. The number of carbonyl (C=O) groups is 2. The molecule has 1 aromatic heterocycles. The average Bonchev–Trinajstić information content (AvgIpc) is 3.03. The lowest BCUT2D eigenvalue weighted by Crippen LogP contribution is -2.41. The Bertz CT molecular complexity index is 490. The van der Waals surface area contributed by atoms with Crippen molar-refractivity contribution in [2.24, 2.45) is 0 Å². The summed E-state index contributed by atoms with van der Waals surface area (Å²) in [6, 6.07) is -0.607. The molecule has 1 aromatic rings. The Morgan fingerprint density at radius 2 is 2.16 bits per heavy atom. The van der Waals surface area contributed by atoms with Crippen LogP contribution in [0.2, 0.25) is 0 Å². The molecule has 0 spiro atoms. The number of carbonyl (C=O) groups excluding carboxylic acids is 2. The maximum absolute atomic E-state index is 12.4. The number of rotatable bonds is 3. The van der Waals surface area contributed by atoms with Crippen molar-refractivity contribution < 1.29 is 19.1 Å². The zero-order chi connectivity index (χ0) is 14.0. The molecule has 1 amide bonds. The molecule has 104 valence electrons. The highest BCUT2D eigenvalue weighted by Crippen LogP contribution is 2.25. The smallest absolute Gasteiger partial charge is 0.328 e. The lowest BCUT2D eigenvalue weighted by molar-refractivity contribution is -0.145. The van der Waals surface area contributed by atoms with Gasteiger partial charge < -0.3 is 14.4 Å². The minimum absolute atomic E-state index is 0.158. The lowest BCUT2D eigenvalue weighted by atomic mass is 10.2. The van der Waals surface area contributed by atoms with E-state index >= 15 is 0 Å². The van der Waals surface area contributed by atoms with Gasteiger partial charge in [0.05, 0.1) is 18.9 Å². The van der Waals surface area contributed by atoms with Crippen LogP contribution in [-0.2, 0) is 14.3 Å². The Morgan fingerprint density at radius 1 is 1.42 bits per heavy atom. The number of esters is 1. The van der Waals surface area contributed by atoms with Gasteiger partial charge >= 0.3 is 5.97 Å². The third-order valence-electron chi connectivity index (χ3n) is 3.18. The molecule has 7 nitrogen and oxygen atoms in total. The van der Waals surface area contributed by atoms with Crippen molar-refractivity contribution >= 4 is 23.4 Å². The van der Waals surface area contributed by atoms with Crippen LogP contribution in [0.4, 0.5) is 0 Å². The monoisotopic (exact) mass is 285 g/mol. The number of nitrogens with zero attached hydrogens (tertiary/aromatic N) is 3. The first-order valence-corrected chi connectivity index (χ1v) is 6.56. The maximum atomic E-state index is 12.4. The first-order chi connectivity index (χ1) is 9.08. The second kappa shape index (κ2) is 5.62. The number of hydrogen-bond donors (Lipinski definition) is 0. The van der Waals surface area contributed by atoms with E-state index in [9.17, 15) is 9.59 Å². The van der Waals surface area contributed by atoms with Gasteiger partial charge in [0.25, 0.3) is 5.91 Å². The molecule has 1 aliphatic heterocycles. The van der Waals surface area contributed by atoms with Gasteiger partial charge in [0.2, 0.25) is 0 Å². The second-order valence-corrected chi connectivity index (χ2v) is 5.03. The Labute approximate surface area is 114 Å². The SMILES string of the molecule is COC(=O)[C@H]1C[C@@H](OC)CN1C(=O)c1snnc1C. The summed E-state index contributed by atoms with van der Waals surface area (Å²) in [4.78, 5) is 26.1. The van der Waals surface area contributed by atoms with Gasteiger partial charge in [0.1, 0.15) is 10.9 Å². The summed E-state index contributed by atoms with van der Waals surface area (Å²) >= 11 is 1.03. The van der Waals surface area contributed by atoms with Crippen LogP contribution in [0.25, 0.3) is 0 Å². The minimum Gasteiger partial charge on any atom is -0.467 e. The molecular weight excluding hydrogens is 270 g/mol. The summed E-state index contributed by atoms with van der Waals surface area (Å²) in [6.45, 7) is 2.08. The molecule has 2 rings (SSSR count). The van der Waals surface area contributed by atoms with E-state index < -0.39 is 12.0 Å². The van der Waals surface area contributed by atoms with Crippen LogP contribution in [0.15, 0.2) is 0 Å². The molecule has 0 saturated carbocycles. The third kappa shape index (κ3) is 2.59. The maximum Gasteiger partial charge on any atom is 0.328 e. The van der Waals surface area contributed by atoms with Gasteiger partial charge in [0, 0.05) is 20.1 Å². The van der Waals surface area contributed by atoms with E-state index in [1.54, 1.807) is 14.0 Å². The number of aromatic nitrogens is 2. The van der Waals surface area contributed by atoms with Crippen LogP contribution in [0.1, 0.15) is 21.8 Å². The summed E-state index contributed by atoms with van der Waals surface area (Å²) in [7, 11) is 2.87.